The predicted molar refractivity (Wildman–Crippen MR) is 67.6 cm³/mol. The van der Waals surface area contributed by atoms with Crippen LogP contribution in [0, 0.1) is 11.6 Å². The van der Waals surface area contributed by atoms with Crippen molar-refractivity contribution in [2.75, 3.05) is 11.4 Å². The van der Waals surface area contributed by atoms with Crippen molar-refractivity contribution < 1.29 is 18.7 Å². The largest absolute Gasteiger partial charge is 0.507 e. The third kappa shape index (κ3) is 1.89. The van der Waals surface area contributed by atoms with Crippen LogP contribution in [0.1, 0.15) is 15.9 Å². The average molecular weight is 276 g/mol. The lowest BCUT2D eigenvalue weighted by atomic mass is 10.1. The molecule has 0 saturated heterocycles. The minimum absolute atomic E-state index is 0.371. The summed E-state index contributed by atoms with van der Waals surface area (Å²) in [4.78, 5) is 17.7. The predicted octanol–water partition coefficient (Wildman–Crippen LogP) is 2.27. The van der Waals surface area contributed by atoms with Crippen LogP contribution in [0.4, 0.5) is 14.5 Å². The minimum Gasteiger partial charge on any atom is -0.507 e. The van der Waals surface area contributed by atoms with Crippen LogP contribution >= 0.6 is 0 Å². The van der Waals surface area contributed by atoms with Crippen LogP contribution in [0.25, 0.3) is 0 Å². The molecule has 1 N–H and O–H groups in total. The molecule has 6 heteroatoms. The van der Waals surface area contributed by atoms with Gasteiger partial charge in [0.05, 0.1) is 5.69 Å². The summed E-state index contributed by atoms with van der Waals surface area (Å²) in [5, 5.41) is 9.61. The molecule has 1 aliphatic rings. The number of hydrogen-bond donors (Lipinski definition) is 1. The highest BCUT2D eigenvalue weighted by molar-refractivity contribution is 6.09. The molecule has 0 spiro atoms. The number of pyridine rings is 1. The van der Waals surface area contributed by atoms with E-state index in [1.807, 2.05) is 0 Å². The van der Waals surface area contributed by atoms with Crippen molar-refractivity contribution >= 4 is 11.6 Å². The standard InChI is InChI=1S/C14H10F2N2O2/c15-9-5-10(16)13(12(19)6-9)14(20)18-4-2-8-7-17-3-1-11(8)18/h1,3,5-7,19H,2,4H2. The summed E-state index contributed by atoms with van der Waals surface area (Å²) in [6.07, 6.45) is 3.79. The molecule has 0 atom stereocenters. The van der Waals surface area contributed by atoms with Gasteiger partial charge in [-0.3, -0.25) is 9.78 Å². The number of halogens is 2. The number of aromatic nitrogens is 1. The summed E-state index contributed by atoms with van der Waals surface area (Å²) in [6, 6.07) is 2.95. The van der Waals surface area contributed by atoms with Gasteiger partial charge in [-0.25, -0.2) is 8.78 Å². The van der Waals surface area contributed by atoms with Crippen molar-refractivity contribution in [1.29, 1.82) is 0 Å². The van der Waals surface area contributed by atoms with Gasteiger partial charge in [0, 0.05) is 31.1 Å². The van der Waals surface area contributed by atoms with E-state index in [1.165, 1.54) is 11.1 Å². The molecular formula is C14H10F2N2O2. The molecule has 0 radical (unpaired) electrons. The first-order chi connectivity index (χ1) is 9.58. The van der Waals surface area contributed by atoms with Gasteiger partial charge in [-0.05, 0) is 18.1 Å². The van der Waals surface area contributed by atoms with E-state index in [1.54, 1.807) is 12.3 Å². The lowest BCUT2D eigenvalue weighted by molar-refractivity contribution is 0.0982. The number of benzene rings is 1. The Morgan fingerprint density at radius 3 is 2.90 bits per heavy atom. The molecular weight excluding hydrogens is 266 g/mol. The van der Waals surface area contributed by atoms with Crippen LogP contribution in [-0.2, 0) is 6.42 Å². The van der Waals surface area contributed by atoms with Crippen molar-refractivity contribution in [3.05, 3.63) is 53.4 Å². The number of phenols is 1. The van der Waals surface area contributed by atoms with Crippen LogP contribution < -0.4 is 4.90 Å². The van der Waals surface area contributed by atoms with E-state index >= 15 is 0 Å². The Labute approximate surface area is 113 Å². The smallest absolute Gasteiger partial charge is 0.265 e. The Kier molecular flexibility index (Phi) is 2.85. The normalized spacial score (nSPS) is 13.4. The SMILES string of the molecule is O=C(c1c(O)cc(F)cc1F)N1CCc2cnccc21. The van der Waals surface area contributed by atoms with Crippen molar-refractivity contribution in [3.63, 3.8) is 0 Å². The molecule has 0 saturated carbocycles. The molecule has 3 rings (SSSR count). The second-order valence-corrected chi connectivity index (χ2v) is 4.49. The number of amides is 1. The molecule has 1 aliphatic heterocycles. The topological polar surface area (TPSA) is 53.4 Å². The molecule has 0 aliphatic carbocycles. The van der Waals surface area contributed by atoms with Gasteiger partial charge in [-0.15, -0.1) is 0 Å². The lowest BCUT2D eigenvalue weighted by Crippen LogP contribution is -2.29. The van der Waals surface area contributed by atoms with E-state index in [4.69, 9.17) is 0 Å². The molecule has 1 aromatic heterocycles. The van der Waals surface area contributed by atoms with E-state index in [0.29, 0.717) is 24.7 Å². The zero-order chi connectivity index (χ0) is 14.3. The van der Waals surface area contributed by atoms with Gasteiger partial charge in [-0.1, -0.05) is 0 Å². The van der Waals surface area contributed by atoms with Gasteiger partial charge in [0.25, 0.3) is 5.91 Å². The van der Waals surface area contributed by atoms with Gasteiger partial charge in [0.2, 0.25) is 0 Å². The van der Waals surface area contributed by atoms with Crippen molar-refractivity contribution in [3.8, 4) is 5.75 Å². The molecule has 102 valence electrons. The average Bonchev–Trinajstić information content (AvgIpc) is 2.81. The highest BCUT2D eigenvalue weighted by Crippen LogP contribution is 2.31. The zero-order valence-corrected chi connectivity index (χ0v) is 10.3. The molecule has 0 bridgehead atoms. The number of rotatable bonds is 1. The number of carbonyl (C=O) groups is 1. The molecule has 2 aromatic rings. The Bertz CT molecular complexity index is 680. The lowest BCUT2D eigenvalue weighted by Gasteiger charge is -2.18. The van der Waals surface area contributed by atoms with Crippen LogP contribution in [0.5, 0.6) is 5.75 Å². The van der Waals surface area contributed by atoms with Gasteiger partial charge >= 0.3 is 0 Å². The van der Waals surface area contributed by atoms with Gasteiger partial charge < -0.3 is 10.0 Å². The fourth-order valence-electron chi connectivity index (χ4n) is 2.35. The molecule has 0 fully saturated rings. The summed E-state index contributed by atoms with van der Waals surface area (Å²) in [7, 11) is 0. The fraction of sp³-hybridized carbons (Fsp3) is 0.143. The molecule has 1 amide bonds. The Morgan fingerprint density at radius 1 is 1.35 bits per heavy atom. The summed E-state index contributed by atoms with van der Waals surface area (Å²) < 4.78 is 26.7. The summed E-state index contributed by atoms with van der Waals surface area (Å²) >= 11 is 0. The van der Waals surface area contributed by atoms with Crippen molar-refractivity contribution in [2.45, 2.75) is 6.42 Å². The number of phenolic OH excluding ortho intramolecular Hbond substituents is 1. The molecule has 2 heterocycles. The Morgan fingerprint density at radius 2 is 2.15 bits per heavy atom. The van der Waals surface area contributed by atoms with Gasteiger partial charge in [-0.2, -0.15) is 0 Å². The van der Waals surface area contributed by atoms with E-state index in [2.05, 4.69) is 4.98 Å². The van der Waals surface area contributed by atoms with E-state index in [-0.39, 0.29) is 0 Å². The third-order valence-electron chi connectivity index (χ3n) is 3.27. The molecule has 4 nitrogen and oxygen atoms in total. The van der Waals surface area contributed by atoms with Crippen LogP contribution in [-0.4, -0.2) is 22.5 Å². The Balaban J connectivity index is 2.03. The first-order valence-corrected chi connectivity index (χ1v) is 6.00. The first-order valence-electron chi connectivity index (χ1n) is 6.00. The summed E-state index contributed by atoms with van der Waals surface area (Å²) in [6.45, 7) is 0.371. The number of carbonyl (C=O) groups excluding carboxylic acids is 1. The maximum Gasteiger partial charge on any atom is 0.265 e. The van der Waals surface area contributed by atoms with Gasteiger partial charge in [0.15, 0.2) is 0 Å². The summed E-state index contributed by atoms with van der Waals surface area (Å²) in [5.41, 5.74) is 0.993. The Hall–Kier alpha value is -2.50. The zero-order valence-electron chi connectivity index (χ0n) is 10.3. The van der Waals surface area contributed by atoms with Crippen molar-refractivity contribution in [2.24, 2.45) is 0 Å². The highest BCUT2D eigenvalue weighted by Gasteiger charge is 2.29. The molecule has 1 aromatic carbocycles. The van der Waals surface area contributed by atoms with Gasteiger partial charge in [0.1, 0.15) is 22.9 Å². The minimum atomic E-state index is -1.07. The van der Waals surface area contributed by atoms with E-state index in [0.717, 1.165) is 11.6 Å². The maximum absolute atomic E-state index is 13.7. The quantitative estimate of drug-likeness (QED) is 0.869. The number of aromatic hydroxyl groups is 1. The third-order valence-corrected chi connectivity index (χ3v) is 3.27. The second-order valence-electron chi connectivity index (χ2n) is 4.49. The number of nitrogens with zero attached hydrogens (tertiary/aromatic N) is 2. The number of hydrogen-bond acceptors (Lipinski definition) is 3. The monoisotopic (exact) mass is 276 g/mol. The van der Waals surface area contributed by atoms with Crippen LogP contribution in [0.3, 0.4) is 0 Å². The van der Waals surface area contributed by atoms with Crippen LogP contribution in [0.2, 0.25) is 0 Å². The fourth-order valence-corrected chi connectivity index (χ4v) is 2.35. The van der Waals surface area contributed by atoms with E-state index in [9.17, 15) is 18.7 Å². The maximum atomic E-state index is 13.7. The van der Waals surface area contributed by atoms with Crippen molar-refractivity contribution in [1.82, 2.24) is 4.98 Å². The number of anilines is 1. The first kappa shape index (κ1) is 12.5. The van der Waals surface area contributed by atoms with E-state index < -0.39 is 28.9 Å². The summed E-state index contributed by atoms with van der Waals surface area (Å²) in [5.74, 6) is -3.39. The second kappa shape index (κ2) is 4.56. The molecule has 0 unspecified atom stereocenters. The highest BCUT2D eigenvalue weighted by atomic mass is 19.1. The van der Waals surface area contributed by atoms with Crippen LogP contribution in [0.15, 0.2) is 30.6 Å². The molecule has 20 heavy (non-hydrogen) atoms. The number of fused-ring (bicyclic) bond motifs is 1.